The molecule has 1 aliphatic heterocycles. The van der Waals surface area contributed by atoms with Gasteiger partial charge >= 0.3 is 6.18 Å². The van der Waals surface area contributed by atoms with Crippen molar-refractivity contribution in [2.75, 3.05) is 20.1 Å². The van der Waals surface area contributed by atoms with Crippen LogP contribution in [0.5, 0.6) is 0 Å². The molecule has 2 aromatic carbocycles. The van der Waals surface area contributed by atoms with Gasteiger partial charge in [-0.15, -0.1) is 0 Å². The number of aromatic amines is 1. The molecule has 1 aromatic heterocycles. The van der Waals surface area contributed by atoms with E-state index in [2.05, 4.69) is 17.1 Å². The van der Waals surface area contributed by atoms with Gasteiger partial charge in [0.1, 0.15) is 0 Å². The number of alkyl halides is 3. The first-order valence-electron chi connectivity index (χ1n) is 10.0. The van der Waals surface area contributed by atoms with Crippen molar-refractivity contribution in [1.29, 1.82) is 0 Å². The minimum Gasteiger partial charge on any atom is -0.357 e. The topological polar surface area (TPSA) is 39.3 Å². The molecule has 0 unspecified atom stereocenters. The normalized spacial score (nSPS) is 14.4. The molecule has 0 bridgehead atoms. The van der Waals surface area contributed by atoms with Gasteiger partial charge in [0.25, 0.3) is 0 Å². The highest BCUT2D eigenvalue weighted by atomic mass is 19.4. The second-order valence-electron chi connectivity index (χ2n) is 7.88. The van der Waals surface area contributed by atoms with Crippen LogP contribution >= 0.6 is 0 Å². The number of fused-ring (bicyclic) bond motifs is 3. The van der Waals surface area contributed by atoms with E-state index in [1.807, 2.05) is 29.0 Å². The number of nitrogens with zero attached hydrogens (tertiary/aromatic N) is 2. The molecule has 1 N–H and O–H groups in total. The lowest BCUT2D eigenvalue weighted by Gasteiger charge is -2.28. The van der Waals surface area contributed by atoms with E-state index in [4.69, 9.17) is 0 Å². The van der Waals surface area contributed by atoms with Crippen LogP contribution in [0.4, 0.5) is 13.2 Å². The predicted octanol–water partition coefficient (Wildman–Crippen LogP) is 4.59. The molecular weight excluding hydrogens is 391 g/mol. The van der Waals surface area contributed by atoms with Crippen molar-refractivity contribution in [1.82, 2.24) is 14.8 Å². The zero-order valence-electron chi connectivity index (χ0n) is 16.8. The third-order valence-electron chi connectivity index (χ3n) is 5.68. The second-order valence-corrected chi connectivity index (χ2v) is 7.88. The lowest BCUT2D eigenvalue weighted by Crippen LogP contribution is -2.37. The molecule has 1 aliphatic rings. The summed E-state index contributed by atoms with van der Waals surface area (Å²) in [6.07, 6.45) is -3.10. The van der Waals surface area contributed by atoms with Crippen molar-refractivity contribution in [2.24, 2.45) is 0 Å². The number of carbonyl (C=O) groups is 1. The number of para-hydroxylation sites is 1. The molecule has 3 aromatic rings. The number of H-pyrrole nitrogens is 1. The molecule has 0 saturated heterocycles. The minimum atomic E-state index is -4.32. The van der Waals surface area contributed by atoms with Gasteiger partial charge in [-0.25, -0.2) is 0 Å². The lowest BCUT2D eigenvalue weighted by molar-refractivity contribution is -0.137. The monoisotopic (exact) mass is 415 g/mol. The van der Waals surface area contributed by atoms with Crippen LogP contribution in [0.15, 0.2) is 48.5 Å². The maximum absolute atomic E-state index is 12.7. The van der Waals surface area contributed by atoms with E-state index in [-0.39, 0.29) is 5.91 Å². The van der Waals surface area contributed by atoms with Crippen LogP contribution in [0.2, 0.25) is 0 Å². The standard InChI is InChI=1S/C23H24F3N3O/c1-28(14-16-6-8-17(9-7-16)23(24,25)26)12-11-22(30)29-13-10-19-18-4-2-3-5-20(18)27-21(19)15-29/h2-9,27H,10-15H2,1H3. The number of aromatic nitrogens is 1. The Hall–Kier alpha value is -2.80. The highest BCUT2D eigenvalue weighted by Gasteiger charge is 2.30. The van der Waals surface area contributed by atoms with Crippen molar-refractivity contribution >= 4 is 16.8 Å². The molecular formula is C23H24F3N3O. The van der Waals surface area contributed by atoms with Gasteiger partial charge in [-0.1, -0.05) is 30.3 Å². The van der Waals surface area contributed by atoms with Crippen LogP contribution in [0.1, 0.15) is 28.8 Å². The van der Waals surface area contributed by atoms with Gasteiger partial charge in [0.15, 0.2) is 0 Å². The number of amides is 1. The van der Waals surface area contributed by atoms with Crippen LogP contribution in [0.25, 0.3) is 10.9 Å². The lowest BCUT2D eigenvalue weighted by atomic mass is 10.0. The summed E-state index contributed by atoms with van der Waals surface area (Å²) in [6, 6.07) is 13.4. The molecule has 158 valence electrons. The Morgan fingerprint density at radius 2 is 1.87 bits per heavy atom. The van der Waals surface area contributed by atoms with E-state index in [1.165, 1.54) is 23.1 Å². The van der Waals surface area contributed by atoms with Crippen LogP contribution in [-0.4, -0.2) is 40.8 Å². The number of benzene rings is 2. The van der Waals surface area contributed by atoms with Crippen LogP contribution in [-0.2, 0) is 30.5 Å². The van der Waals surface area contributed by atoms with Gasteiger partial charge in [0.2, 0.25) is 5.91 Å². The number of rotatable bonds is 5. The molecule has 0 aliphatic carbocycles. The van der Waals surface area contributed by atoms with Crippen molar-refractivity contribution in [3.63, 3.8) is 0 Å². The molecule has 1 amide bonds. The summed E-state index contributed by atoms with van der Waals surface area (Å²) < 4.78 is 38.0. The zero-order valence-corrected chi connectivity index (χ0v) is 16.8. The smallest absolute Gasteiger partial charge is 0.357 e. The summed E-state index contributed by atoms with van der Waals surface area (Å²) >= 11 is 0. The average Bonchev–Trinajstić information content (AvgIpc) is 3.09. The molecule has 0 atom stereocenters. The highest BCUT2D eigenvalue weighted by molar-refractivity contribution is 5.85. The quantitative estimate of drug-likeness (QED) is 0.662. The fourth-order valence-corrected chi connectivity index (χ4v) is 4.04. The van der Waals surface area contributed by atoms with Crippen LogP contribution in [0, 0.1) is 0 Å². The molecule has 0 saturated carbocycles. The average molecular weight is 415 g/mol. The van der Waals surface area contributed by atoms with Crippen molar-refractivity contribution in [3.05, 3.63) is 70.9 Å². The molecule has 4 nitrogen and oxygen atoms in total. The molecule has 30 heavy (non-hydrogen) atoms. The number of nitrogens with one attached hydrogen (secondary N) is 1. The van der Waals surface area contributed by atoms with Gasteiger partial charge in [0, 0.05) is 42.7 Å². The van der Waals surface area contributed by atoms with Crippen LogP contribution in [0.3, 0.4) is 0 Å². The molecule has 0 spiro atoms. The largest absolute Gasteiger partial charge is 0.416 e. The van der Waals surface area contributed by atoms with E-state index >= 15 is 0 Å². The summed E-state index contributed by atoms with van der Waals surface area (Å²) in [5, 5.41) is 1.23. The second kappa shape index (κ2) is 8.14. The van der Waals surface area contributed by atoms with E-state index < -0.39 is 11.7 Å². The Labute approximate surface area is 173 Å². The highest BCUT2D eigenvalue weighted by Crippen LogP contribution is 2.29. The summed E-state index contributed by atoms with van der Waals surface area (Å²) in [4.78, 5) is 20.0. The number of hydrogen-bond acceptors (Lipinski definition) is 2. The molecule has 4 rings (SSSR count). The van der Waals surface area contributed by atoms with Crippen LogP contribution < -0.4 is 0 Å². The third-order valence-corrected chi connectivity index (χ3v) is 5.68. The number of carbonyl (C=O) groups excluding carboxylic acids is 1. The third kappa shape index (κ3) is 4.36. The first kappa shape index (κ1) is 20.5. The number of halogens is 3. The summed E-state index contributed by atoms with van der Waals surface area (Å²) in [6.45, 7) is 2.34. The van der Waals surface area contributed by atoms with Gasteiger partial charge in [-0.2, -0.15) is 13.2 Å². The predicted molar refractivity (Wildman–Crippen MR) is 110 cm³/mol. The Morgan fingerprint density at radius 1 is 1.13 bits per heavy atom. The molecule has 7 heteroatoms. The minimum absolute atomic E-state index is 0.0959. The summed E-state index contributed by atoms with van der Waals surface area (Å²) in [5.74, 6) is 0.0959. The van der Waals surface area contributed by atoms with Crippen molar-refractivity contribution in [2.45, 2.75) is 32.1 Å². The van der Waals surface area contributed by atoms with Gasteiger partial charge < -0.3 is 14.8 Å². The Bertz CT molecular complexity index is 1040. The molecule has 0 fully saturated rings. The Kier molecular flexibility index (Phi) is 5.56. The van der Waals surface area contributed by atoms with E-state index in [0.717, 1.165) is 35.3 Å². The Balaban J connectivity index is 1.30. The molecule has 2 heterocycles. The summed E-state index contributed by atoms with van der Waals surface area (Å²) in [5.41, 5.74) is 3.65. The van der Waals surface area contributed by atoms with E-state index in [1.54, 1.807) is 0 Å². The maximum Gasteiger partial charge on any atom is 0.416 e. The molecule has 0 radical (unpaired) electrons. The van der Waals surface area contributed by atoms with E-state index in [9.17, 15) is 18.0 Å². The Morgan fingerprint density at radius 3 is 2.60 bits per heavy atom. The van der Waals surface area contributed by atoms with Crippen molar-refractivity contribution in [3.8, 4) is 0 Å². The first-order chi connectivity index (χ1) is 14.3. The SMILES string of the molecule is CN(CCC(=O)N1CCc2c([nH]c3ccccc23)C1)Cc1ccc(C(F)(F)F)cc1. The van der Waals surface area contributed by atoms with Gasteiger partial charge in [-0.05, 0) is 42.8 Å². The number of hydrogen-bond donors (Lipinski definition) is 1. The summed E-state index contributed by atoms with van der Waals surface area (Å²) in [7, 11) is 1.87. The van der Waals surface area contributed by atoms with E-state index in [0.29, 0.717) is 32.6 Å². The maximum atomic E-state index is 12.7. The fraction of sp³-hybridized carbons (Fsp3) is 0.348. The zero-order chi connectivity index (χ0) is 21.3. The van der Waals surface area contributed by atoms with Gasteiger partial charge in [0.05, 0.1) is 12.1 Å². The fourth-order valence-electron chi connectivity index (χ4n) is 4.04. The first-order valence-corrected chi connectivity index (χ1v) is 10.0. The van der Waals surface area contributed by atoms with Crippen molar-refractivity contribution < 1.29 is 18.0 Å². The van der Waals surface area contributed by atoms with Gasteiger partial charge in [-0.3, -0.25) is 4.79 Å².